The normalized spacial score (nSPS) is 18.8. The fourth-order valence-electron chi connectivity index (χ4n) is 1.87. The molecule has 16 heavy (non-hydrogen) atoms. The number of nitrogens with zero attached hydrogens (tertiary/aromatic N) is 3. The van der Waals surface area contributed by atoms with Crippen LogP contribution in [0.4, 0.5) is 0 Å². The molecular weight excluding hydrogens is 200 g/mol. The van der Waals surface area contributed by atoms with Gasteiger partial charge in [0.1, 0.15) is 0 Å². The van der Waals surface area contributed by atoms with E-state index >= 15 is 0 Å². The van der Waals surface area contributed by atoms with Crippen LogP contribution in [0.15, 0.2) is 24.5 Å². The molecule has 0 saturated carbocycles. The highest BCUT2D eigenvalue weighted by molar-refractivity contribution is 5.09. The molecule has 0 unspecified atom stereocenters. The van der Waals surface area contributed by atoms with E-state index < -0.39 is 0 Å². The molecule has 4 heteroatoms. The molecule has 0 bridgehead atoms. The Balaban J connectivity index is 1.65. The van der Waals surface area contributed by atoms with Crippen LogP contribution < -0.4 is 5.43 Å². The molecule has 1 saturated heterocycles. The van der Waals surface area contributed by atoms with Crippen LogP contribution in [0.1, 0.15) is 5.56 Å². The van der Waals surface area contributed by atoms with Crippen LogP contribution in [0.5, 0.6) is 0 Å². The van der Waals surface area contributed by atoms with Gasteiger partial charge in [-0.1, -0.05) is 0 Å². The van der Waals surface area contributed by atoms with Crippen LogP contribution >= 0.6 is 0 Å². The number of hydrazine groups is 1. The van der Waals surface area contributed by atoms with Crippen molar-refractivity contribution in [3.05, 3.63) is 30.1 Å². The van der Waals surface area contributed by atoms with Crippen LogP contribution in [0.3, 0.4) is 0 Å². The summed E-state index contributed by atoms with van der Waals surface area (Å²) < 4.78 is 0. The van der Waals surface area contributed by atoms with Gasteiger partial charge in [0.2, 0.25) is 0 Å². The van der Waals surface area contributed by atoms with E-state index in [1.165, 1.54) is 5.56 Å². The first kappa shape index (κ1) is 11.5. The Morgan fingerprint density at radius 3 is 2.56 bits per heavy atom. The number of likely N-dealkylation sites (N-methyl/N-ethyl adjacent to an activating group) is 1. The zero-order chi connectivity index (χ0) is 11.2. The minimum Gasteiger partial charge on any atom is -0.304 e. The molecule has 0 aliphatic carbocycles. The van der Waals surface area contributed by atoms with Gasteiger partial charge in [-0.05, 0) is 31.2 Å². The zero-order valence-corrected chi connectivity index (χ0v) is 9.89. The van der Waals surface area contributed by atoms with Crippen LogP contribution in [0, 0.1) is 0 Å². The van der Waals surface area contributed by atoms with Crippen LogP contribution in [0.2, 0.25) is 0 Å². The Kier molecular flexibility index (Phi) is 4.27. The lowest BCUT2D eigenvalue weighted by atomic mass is 10.2. The van der Waals surface area contributed by atoms with Gasteiger partial charge in [-0.3, -0.25) is 10.4 Å². The summed E-state index contributed by atoms with van der Waals surface area (Å²) in [5.74, 6) is 0. The van der Waals surface area contributed by atoms with E-state index in [2.05, 4.69) is 39.5 Å². The van der Waals surface area contributed by atoms with Crippen LogP contribution in [-0.4, -0.2) is 54.7 Å². The van der Waals surface area contributed by atoms with Crippen molar-refractivity contribution in [1.82, 2.24) is 20.3 Å². The number of hydrogen-bond acceptors (Lipinski definition) is 4. The first-order valence-electron chi connectivity index (χ1n) is 5.90. The van der Waals surface area contributed by atoms with Crippen molar-refractivity contribution >= 4 is 0 Å². The van der Waals surface area contributed by atoms with Gasteiger partial charge < -0.3 is 4.90 Å². The van der Waals surface area contributed by atoms with E-state index in [4.69, 9.17) is 0 Å². The molecule has 88 valence electrons. The van der Waals surface area contributed by atoms with E-state index in [1.54, 1.807) is 0 Å². The Morgan fingerprint density at radius 2 is 1.88 bits per heavy atom. The van der Waals surface area contributed by atoms with E-state index in [1.807, 2.05) is 12.4 Å². The summed E-state index contributed by atoms with van der Waals surface area (Å²) in [5.41, 5.74) is 4.82. The first-order valence-corrected chi connectivity index (χ1v) is 5.90. The summed E-state index contributed by atoms with van der Waals surface area (Å²) >= 11 is 0. The van der Waals surface area contributed by atoms with E-state index in [0.717, 1.165) is 39.1 Å². The van der Waals surface area contributed by atoms with Crippen molar-refractivity contribution in [2.24, 2.45) is 0 Å². The van der Waals surface area contributed by atoms with Crippen molar-refractivity contribution in [2.45, 2.75) is 6.42 Å². The number of nitrogens with one attached hydrogen (secondary N) is 1. The average molecular weight is 220 g/mol. The topological polar surface area (TPSA) is 31.4 Å². The number of piperazine rings is 1. The third kappa shape index (κ3) is 3.56. The lowest BCUT2D eigenvalue weighted by molar-refractivity contribution is 0.105. The molecule has 0 radical (unpaired) electrons. The predicted molar refractivity (Wildman–Crippen MR) is 65.0 cm³/mol. The molecule has 1 N–H and O–H groups in total. The number of aromatic nitrogens is 1. The summed E-state index contributed by atoms with van der Waals surface area (Å²) in [4.78, 5) is 6.38. The van der Waals surface area contributed by atoms with Gasteiger partial charge in [-0.15, -0.1) is 0 Å². The second-order valence-corrected chi connectivity index (χ2v) is 4.30. The fourth-order valence-corrected chi connectivity index (χ4v) is 1.87. The summed E-state index contributed by atoms with van der Waals surface area (Å²) in [6.45, 7) is 5.55. The van der Waals surface area contributed by atoms with Crippen LogP contribution in [0.25, 0.3) is 0 Å². The molecule has 1 aliphatic rings. The second-order valence-electron chi connectivity index (χ2n) is 4.30. The number of hydrogen-bond donors (Lipinski definition) is 1. The third-order valence-electron chi connectivity index (χ3n) is 3.00. The maximum atomic E-state index is 4.02. The van der Waals surface area contributed by atoms with Crippen molar-refractivity contribution in [2.75, 3.05) is 39.8 Å². The molecule has 1 aromatic rings. The Bertz CT molecular complexity index is 293. The minimum absolute atomic E-state index is 1.01. The summed E-state index contributed by atoms with van der Waals surface area (Å²) in [5, 5.41) is 2.32. The predicted octanol–water partition coefficient (Wildman–Crippen LogP) is 0.376. The van der Waals surface area contributed by atoms with E-state index in [9.17, 15) is 0 Å². The first-order chi connectivity index (χ1) is 7.84. The molecule has 0 aromatic carbocycles. The molecular formula is C12H20N4. The van der Waals surface area contributed by atoms with Gasteiger partial charge in [0.15, 0.2) is 0 Å². The lowest BCUT2D eigenvalue weighted by Gasteiger charge is -2.32. The molecule has 2 heterocycles. The van der Waals surface area contributed by atoms with Gasteiger partial charge in [0.05, 0.1) is 0 Å². The van der Waals surface area contributed by atoms with Gasteiger partial charge in [-0.25, -0.2) is 5.01 Å². The van der Waals surface area contributed by atoms with E-state index in [0.29, 0.717) is 0 Å². The number of pyridine rings is 1. The molecule has 1 aromatic heterocycles. The molecule has 0 spiro atoms. The second kappa shape index (κ2) is 5.94. The highest BCUT2D eigenvalue weighted by Crippen LogP contribution is 1.98. The molecule has 2 rings (SSSR count). The highest BCUT2D eigenvalue weighted by atomic mass is 15.5. The van der Waals surface area contributed by atoms with Crippen molar-refractivity contribution in [3.63, 3.8) is 0 Å². The smallest absolute Gasteiger partial charge is 0.0270 e. The molecule has 4 nitrogen and oxygen atoms in total. The van der Waals surface area contributed by atoms with Crippen molar-refractivity contribution in [1.29, 1.82) is 0 Å². The minimum atomic E-state index is 1.01. The Hall–Kier alpha value is -0.970. The summed E-state index contributed by atoms with van der Waals surface area (Å²) in [7, 11) is 2.17. The molecule has 1 fully saturated rings. The molecule has 0 amide bonds. The van der Waals surface area contributed by atoms with Gasteiger partial charge >= 0.3 is 0 Å². The summed E-state index contributed by atoms with van der Waals surface area (Å²) in [6.07, 6.45) is 4.77. The maximum absolute atomic E-state index is 4.02. The quantitative estimate of drug-likeness (QED) is 0.795. The van der Waals surface area contributed by atoms with Crippen molar-refractivity contribution in [3.8, 4) is 0 Å². The molecule has 0 atom stereocenters. The Morgan fingerprint density at radius 1 is 1.19 bits per heavy atom. The van der Waals surface area contributed by atoms with Crippen LogP contribution in [-0.2, 0) is 6.42 Å². The zero-order valence-electron chi connectivity index (χ0n) is 9.89. The molecule has 1 aliphatic heterocycles. The average Bonchev–Trinajstić information content (AvgIpc) is 2.33. The standard InChI is InChI=1S/C12H20N4/c1-15-8-10-16(11-9-15)14-7-4-12-2-5-13-6-3-12/h2-3,5-6,14H,4,7-11H2,1H3. The number of rotatable bonds is 4. The van der Waals surface area contributed by atoms with Gasteiger partial charge in [-0.2, -0.15) is 0 Å². The monoisotopic (exact) mass is 220 g/mol. The van der Waals surface area contributed by atoms with Crippen molar-refractivity contribution < 1.29 is 0 Å². The Labute approximate surface area is 97.2 Å². The lowest BCUT2D eigenvalue weighted by Crippen LogP contribution is -2.51. The SMILES string of the molecule is CN1CCN(NCCc2ccncc2)CC1. The maximum Gasteiger partial charge on any atom is 0.0270 e. The highest BCUT2D eigenvalue weighted by Gasteiger charge is 2.12. The van der Waals surface area contributed by atoms with Gasteiger partial charge in [0, 0.05) is 45.1 Å². The third-order valence-corrected chi connectivity index (χ3v) is 3.00. The largest absolute Gasteiger partial charge is 0.304 e. The fraction of sp³-hybridized carbons (Fsp3) is 0.583. The van der Waals surface area contributed by atoms with E-state index in [-0.39, 0.29) is 0 Å². The summed E-state index contributed by atoms with van der Waals surface area (Å²) in [6, 6.07) is 4.15. The van der Waals surface area contributed by atoms with Gasteiger partial charge in [0.25, 0.3) is 0 Å².